The van der Waals surface area contributed by atoms with E-state index in [0.29, 0.717) is 110 Å². The molecular weight excluding hydrogens is 1190 g/mol. The highest BCUT2D eigenvalue weighted by molar-refractivity contribution is 5.99. The summed E-state index contributed by atoms with van der Waals surface area (Å²) in [4.78, 5) is 156. The Hall–Kier alpha value is -6.07. The van der Waals surface area contributed by atoms with Crippen LogP contribution in [0.15, 0.2) is 0 Å². The normalized spacial score (nSPS) is 16.5. The van der Waals surface area contributed by atoms with Gasteiger partial charge < -0.3 is 92.9 Å². The van der Waals surface area contributed by atoms with Gasteiger partial charge >= 0.3 is 0 Å². The van der Waals surface area contributed by atoms with E-state index in [9.17, 15) is 52.7 Å². The van der Waals surface area contributed by atoms with Crippen LogP contribution in [0.4, 0.5) is 0 Å². The second-order valence-corrected chi connectivity index (χ2v) is 27.3. The quantitative estimate of drug-likeness (QED) is 0.0357. The smallest absolute Gasteiger partial charge is 0.243 e. The molecule has 0 aromatic rings. The number of carbonyl (C=O) groups is 11. The van der Waals surface area contributed by atoms with Gasteiger partial charge in [0.25, 0.3) is 0 Å². The lowest BCUT2D eigenvalue weighted by Crippen LogP contribution is -2.61. The number of amides is 11. The summed E-state index contributed by atoms with van der Waals surface area (Å²) < 4.78 is 0. The Kier molecular flexibility index (Phi) is 42.9. The molecule has 536 valence electrons. The van der Waals surface area contributed by atoms with Gasteiger partial charge in [-0.15, -0.1) is 0 Å². The highest BCUT2D eigenvalue weighted by atomic mass is 16.2. The molecule has 0 aromatic heterocycles. The lowest BCUT2D eigenvalue weighted by Gasteiger charge is -2.30. The number of hydrogen-bond acceptors (Lipinski definition) is 17. The van der Waals surface area contributed by atoms with Crippen LogP contribution in [0, 0.1) is 29.6 Å². The fourth-order valence-corrected chi connectivity index (χ4v) is 11.2. The first-order chi connectivity index (χ1) is 43.9. The minimum Gasteiger partial charge on any atom is -0.368 e. The molecule has 0 aliphatic carbocycles. The first kappa shape index (κ1) is 84.9. The van der Waals surface area contributed by atoms with E-state index in [1.54, 1.807) is 0 Å². The molecule has 0 unspecified atom stereocenters. The molecule has 0 aromatic carbocycles. The van der Waals surface area contributed by atoms with Crippen molar-refractivity contribution in [2.24, 2.45) is 69.7 Å². The summed E-state index contributed by atoms with van der Waals surface area (Å²) in [5.41, 5.74) is 40.9. The number of primary amides is 1. The number of nitrogens with zero attached hydrogens (tertiary/aromatic N) is 1. The number of likely N-dealkylation sites (tertiary alicyclic amines) is 1. The number of unbranched alkanes of at least 4 members (excludes halogenated alkanes) is 5. The molecule has 1 heterocycles. The standard InChI is InChI=1S/C65H125N17O11/c1-39(2)34-49(55(72)83)77-58(86)47(25-14-19-31-69)73-56(84)45(23-12-17-29-67)75-60(88)50(35-40(3)4)79-62(90)52(37-42(7)8)78-59(87)48(26-15-20-32-70)74-57(85)46(24-13-18-30-68)76-61(89)51(36-41(5)6)80-63(91)53(38-43(9)10)81-64(92)54-27-21-33-82(54)65(93)44(71)22-11-16-28-66/h39-54H,11-38,66-71H2,1-10H3,(H2,72,83)(H,73,84)(H,74,85)(H,75,88)(H,76,89)(H,77,86)(H,78,87)(H,79,90)(H,80,91)(H,81,92)/t44-,45-,46-,47-,48-,49-,50-,51-,52-,53-,54-/m0/s1. The van der Waals surface area contributed by atoms with Gasteiger partial charge in [0.05, 0.1) is 6.04 Å². The van der Waals surface area contributed by atoms with Crippen LogP contribution in [0.5, 0.6) is 0 Å². The van der Waals surface area contributed by atoms with Crippen molar-refractivity contribution in [3.8, 4) is 0 Å². The third-order valence-corrected chi connectivity index (χ3v) is 16.2. The maximum atomic E-state index is 14.6. The predicted octanol–water partition coefficient (Wildman–Crippen LogP) is 0.0287. The van der Waals surface area contributed by atoms with Crippen molar-refractivity contribution in [2.45, 2.75) is 277 Å². The number of nitrogens with one attached hydrogen (secondary N) is 9. The Morgan fingerprint density at radius 3 is 0.849 bits per heavy atom. The van der Waals surface area contributed by atoms with Gasteiger partial charge in [0.2, 0.25) is 65.0 Å². The molecule has 1 rings (SSSR count). The van der Waals surface area contributed by atoms with Crippen LogP contribution in [-0.4, -0.2) is 176 Å². The molecule has 23 N–H and O–H groups in total. The van der Waals surface area contributed by atoms with E-state index in [2.05, 4.69) is 47.9 Å². The molecule has 28 nitrogen and oxygen atoms in total. The van der Waals surface area contributed by atoms with Crippen molar-refractivity contribution >= 4 is 65.0 Å². The van der Waals surface area contributed by atoms with E-state index < -0.39 is 126 Å². The first-order valence-corrected chi connectivity index (χ1v) is 34.5. The van der Waals surface area contributed by atoms with Crippen molar-refractivity contribution in [2.75, 3.05) is 39.3 Å². The summed E-state index contributed by atoms with van der Waals surface area (Å²) in [7, 11) is 0. The zero-order chi connectivity index (χ0) is 70.3. The zero-order valence-electron chi connectivity index (χ0n) is 58.0. The summed E-state index contributed by atoms with van der Waals surface area (Å²) in [6, 6.07) is -12.1. The average molecular weight is 1320 g/mol. The summed E-state index contributed by atoms with van der Waals surface area (Å²) in [6.07, 6.45) is 7.76. The Morgan fingerprint density at radius 1 is 0.344 bits per heavy atom. The summed E-state index contributed by atoms with van der Waals surface area (Å²) in [5, 5.41) is 25.3. The predicted molar refractivity (Wildman–Crippen MR) is 361 cm³/mol. The lowest BCUT2D eigenvalue weighted by molar-refractivity contribution is -0.140. The Balaban J connectivity index is 3.59. The second-order valence-electron chi connectivity index (χ2n) is 27.3. The fraction of sp³-hybridized carbons (Fsp3) is 0.831. The molecule has 11 atom stereocenters. The Morgan fingerprint density at radius 2 is 0.581 bits per heavy atom. The largest absolute Gasteiger partial charge is 0.368 e. The molecule has 1 aliphatic heterocycles. The van der Waals surface area contributed by atoms with Crippen LogP contribution in [0.2, 0.25) is 0 Å². The van der Waals surface area contributed by atoms with Gasteiger partial charge in [-0.1, -0.05) is 75.7 Å². The molecular formula is C65H125N17O11. The van der Waals surface area contributed by atoms with Crippen molar-refractivity contribution in [3.05, 3.63) is 0 Å². The van der Waals surface area contributed by atoms with E-state index in [4.69, 9.17) is 40.1 Å². The van der Waals surface area contributed by atoms with Crippen molar-refractivity contribution in [1.82, 2.24) is 52.8 Å². The zero-order valence-corrected chi connectivity index (χ0v) is 58.0. The molecule has 0 radical (unpaired) electrons. The highest BCUT2D eigenvalue weighted by Crippen LogP contribution is 2.21. The molecule has 93 heavy (non-hydrogen) atoms. The Labute approximate surface area is 554 Å². The third kappa shape index (κ3) is 34.3. The number of nitrogens with two attached hydrogens (primary N) is 7. The molecule has 11 amide bonds. The number of hydrogen-bond donors (Lipinski definition) is 16. The second kappa shape index (κ2) is 46.9. The fourth-order valence-electron chi connectivity index (χ4n) is 11.2. The maximum Gasteiger partial charge on any atom is 0.243 e. The number of carbonyl (C=O) groups excluding carboxylic acids is 11. The van der Waals surface area contributed by atoms with Gasteiger partial charge in [0.15, 0.2) is 0 Å². The van der Waals surface area contributed by atoms with E-state index in [1.807, 2.05) is 69.2 Å². The SMILES string of the molecule is CC(C)C[C@H](NC(=O)[C@H](CCCCN)NC(=O)[C@H](CCCCN)NC(=O)[C@H](CC(C)C)NC(=O)[C@H](CC(C)C)NC(=O)[C@H](CCCCN)NC(=O)[C@H](CCCCN)NC(=O)[C@H](CC(C)C)NC(=O)[C@H](CC(C)C)NC(=O)[C@@H]1CCCN1C(=O)[C@@H](N)CCCCN)C(N)=O. The van der Waals surface area contributed by atoms with Gasteiger partial charge in [-0.3, -0.25) is 52.7 Å². The van der Waals surface area contributed by atoms with E-state index in [0.717, 1.165) is 0 Å². The van der Waals surface area contributed by atoms with Crippen molar-refractivity contribution in [1.29, 1.82) is 0 Å². The van der Waals surface area contributed by atoms with E-state index in [-0.39, 0.29) is 106 Å². The van der Waals surface area contributed by atoms with Crippen LogP contribution in [0.3, 0.4) is 0 Å². The summed E-state index contributed by atoms with van der Waals surface area (Å²) in [5.74, 6) is -7.57. The first-order valence-electron chi connectivity index (χ1n) is 34.5. The summed E-state index contributed by atoms with van der Waals surface area (Å²) in [6.45, 7) is 20.7. The van der Waals surface area contributed by atoms with Gasteiger partial charge in [-0.05, 0) is 197 Å². The number of rotatable bonds is 50. The van der Waals surface area contributed by atoms with E-state index in [1.165, 1.54) is 4.90 Å². The van der Waals surface area contributed by atoms with Gasteiger partial charge in [0, 0.05) is 6.54 Å². The van der Waals surface area contributed by atoms with Gasteiger partial charge in [0.1, 0.15) is 60.4 Å². The maximum absolute atomic E-state index is 14.6. The van der Waals surface area contributed by atoms with Crippen molar-refractivity contribution in [3.63, 3.8) is 0 Å². The van der Waals surface area contributed by atoms with Crippen LogP contribution in [-0.2, 0) is 52.7 Å². The minimum atomic E-state index is -1.24. The highest BCUT2D eigenvalue weighted by Gasteiger charge is 2.40. The molecule has 1 aliphatic rings. The van der Waals surface area contributed by atoms with Crippen molar-refractivity contribution < 1.29 is 52.7 Å². The topological polar surface area (TPSA) is 481 Å². The molecule has 0 bridgehead atoms. The molecule has 1 saturated heterocycles. The monoisotopic (exact) mass is 1320 g/mol. The average Bonchev–Trinajstić information content (AvgIpc) is 1.86. The van der Waals surface area contributed by atoms with Gasteiger partial charge in [-0.2, -0.15) is 0 Å². The van der Waals surface area contributed by atoms with E-state index >= 15 is 0 Å². The van der Waals surface area contributed by atoms with Crippen LogP contribution < -0.4 is 88.0 Å². The summed E-state index contributed by atoms with van der Waals surface area (Å²) >= 11 is 0. The minimum absolute atomic E-state index is 0.0134. The third-order valence-electron chi connectivity index (χ3n) is 16.2. The Bertz CT molecular complexity index is 2290. The molecule has 1 fully saturated rings. The molecule has 0 saturated carbocycles. The molecule has 0 spiro atoms. The van der Waals surface area contributed by atoms with Crippen LogP contribution >= 0.6 is 0 Å². The van der Waals surface area contributed by atoms with Crippen LogP contribution in [0.25, 0.3) is 0 Å². The van der Waals surface area contributed by atoms with Crippen LogP contribution in [0.1, 0.15) is 210 Å². The lowest BCUT2D eigenvalue weighted by atomic mass is 9.98. The molecule has 28 heteroatoms. The van der Waals surface area contributed by atoms with Gasteiger partial charge in [-0.25, -0.2) is 0 Å².